The van der Waals surface area contributed by atoms with E-state index >= 15 is 0 Å². The molecule has 2 aliphatic rings. The third-order valence-electron chi connectivity index (χ3n) is 4.59. The van der Waals surface area contributed by atoms with Crippen molar-refractivity contribution in [3.63, 3.8) is 0 Å². The van der Waals surface area contributed by atoms with E-state index in [-0.39, 0.29) is 11.6 Å². The molecule has 1 spiro atoms. The van der Waals surface area contributed by atoms with Gasteiger partial charge in [-0.1, -0.05) is 28.1 Å². The number of hydrogen-bond acceptors (Lipinski definition) is 3. The van der Waals surface area contributed by atoms with Gasteiger partial charge < -0.3 is 10.5 Å². The maximum atomic E-state index is 6.50. The van der Waals surface area contributed by atoms with Crippen molar-refractivity contribution in [1.82, 2.24) is 0 Å². The maximum Gasteiger partial charge on any atom is 0.0783 e. The normalized spacial score (nSPS) is 31.6. The van der Waals surface area contributed by atoms with E-state index in [0.29, 0.717) is 5.92 Å². The SMILES string of the molecule is NC(Cc1ccc(Br)cc1)C1CCOC2(CCSC2)C1. The number of thioether (sulfide) groups is 1. The number of halogens is 1. The summed E-state index contributed by atoms with van der Waals surface area (Å²) >= 11 is 5.51. The number of ether oxygens (including phenoxy) is 1. The Morgan fingerprint density at radius 2 is 2.20 bits per heavy atom. The second kappa shape index (κ2) is 6.39. The highest BCUT2D eigenvalue weighted by Gasteiger charge is 2.41. The van der Waals surface area contributed by atoms with Crippen LogP contribution in [0.1, 0.15) is 24.8 Å². The lowest BCUT2D eigenvalue weighted by atomic mass is 9.80. The lowest BCUT2D eigenvalue weighted by molar-refractivity contribution is -0.0831. The standard InChI is InChI=1S/C16H22BrNOS/c17-14-3-1-12(2-4-14)9-15(18)13-5-7-19-16(10-13)6-8-20-11-16/h1-4,13,15H,5-11,18H2. The van der Waals surface area contributed by atoms with Crippen molar-refractivity contribution in [2.75, 3.05) is 18.1 Å². The van der Waals surface area contributed by atoms with E-state index in [0.717, 1.165) is 36.1 Å². The minimum atomic E-state index is 0.144. The fraction of sp³-hybridized carbons (Fsp3) is 0.625. The van der Waals surface area contributed by atoms with E-state index < -0.39 is 0 Å². The Hall–Kier alpha value is -0.0300. The smallest absolute Gasteiger partial charge is 0.0783 e. The van der Waals surface area contributed by atoms with E-state index in [1.165, 1.54) is 17.7 Å². The molecule has 1 aromatic rings. The van der Waals surface area contributed by atoms with Gasteiger partial charge in [0.2, 0.25) is 0 Å². The van der Waals surface area contributed by atoms with Crippen LogP contribution in [0.4, 0.5) is 0 Å². The molecule has 0 radical (unpaired) electrons. The van der Waals surface area contributed by atoms with Crippen molar-refractivity contribution in [2.45, 2.75) is 37.3 Å². The molecule has 0 amide bonds. The minimum Gasteiger partial charge on any atom is -0.374 e. The van der Waals surface area contributed by atoms with Gasteiger partial charge in [-0.2, -0.15) is 11.8 Å². The van der Waals surface area contributed by atoms with Crippen LogP contribution in [0.15, 0.2) is 28.7 Å². The zero-order chi connectivity index (χ0) is 14.0. The van der Waals surface area contributed by atoms with Crippen LogP contribution < -0.4 is 5.73 Å². The Morgan fingerprint density at radius 3 is 2.90 bits per heavy atom. The van der Waals surface area contributed by atoms with Crippen LogP contribution in [-0.2, 0) is 11.2 Å². The van der Waals surface area contributed by atoms with Gasteiger partial charge in [0.15, 0.2) is 0 Å². The lowest BCUT2D eigenvalue weighted by Crippen LogP contribution is -2.46. The third-order valence-corrected chi connectivity index (χ3v) is 6.34. The zero-order valence-electron chi connectivity index (χ0n) is 11.7. The van der Waals surface area contributed by atoms with Crippen molar-refractivity contribution >= 4 is 27.7 Å². The van der Waals surface area contributed by atoms with Crippen molar-refractivity contribution < 1.29 is 4.74 Å². The first kappa shape index (κ1) is 14.9. The molecule has 0 bridgehead atoms. The summed E-state index contributed by atoms with van der Waals surface area (Å²) in [6.45, 7) is 0.888. The van der Waals surface area contributed by atoms with Crippen LogP contribution in [0.3, 0.4) is 0 Å². The molecular weight excluding hydrogens is 334 g/mol. The van der Waals surface area contributed by atoms with Gasteiger partial charge in [0.05, 0.1) is 5.60 Å². The highest BCUT2D eigenvalue weighted by atomic mass is 79.9. The van der Waals surface area contributed by atoms with Crippen molar-refractivity contribution in [2.24, 2.45) is 11.7 Å². The predicted molar refractivity (Wildman–Crippen MR) is 89.2 cm³/mol. The van der Waals surface area contributed by atoms with Crippen LogP contribution in [0.5, 0.6) is 0 Å². The van der Waals surface area contributed by atoms with Gasteiger partial charge >= 0.3 is 0 Å². The summed E-state index contributed by atoms with van der Waals surface area (Å²) in [6, 6.07) is 8.79. The van der Waals surface area contributed by atoms with E-state index in [4.69, 9.17) is 10.5 Å². The lowest BCUT2D eigenvalue weighted by Gasteiger charge is -2.40. The Labute approximate surface area is 134 Å². The summed E-state index contributed by atoms with van der Waals surface area (Å²) in [7, 11) is 0. The predicted octanol–water partition coefficient (Wildman–Crippen LogP) is 3.62. The summed E-state index contributed by atoms with van der Waals surface area (Å²) in [5.41, 5.74) is 7.97. The molecule has 110 valence electrons. The quantitative estimate of drug-likeness (QED) is 0.899. The summed E-state index contributed by atoms with van der Waals surface area (Å²) < 4.78 is 7.22. The molecule has 0 saturated carbocycles. The van der Waals surface area contributed by atoms with E-state index in [1.807, 2.05) is 11.8 Å². The van der Waals surface area contributed by atoms with E-state index in [9.17, 15) is 0 Å². The Bertz CT molecular complexity index is 444. The molecule has 1 aromatic carbocycles. The average Bonchev–Trinajstić information content (AvgIpc) is 2.89. The molecule has 3 atom stereocenters. The second-order valence-corrected chi connectivity index (χ2v) is 8.10. The fourth-order valence-electron chi connectivity index (χ4n) is 3.35. The average molecular weight is 356 g/mol. The first-order valence-electron chi connectivity index (χ1n) is 7.39. The minimum absolute atomic E-state index is 0.144. The second-order valence-electron chi connectivity index (χ2n) is 6.08. The molecule has 3 unspecified atom stereocenters. The molecule has 20 heavy (non-hydrogen) atoms. The molecule has 0 aromatic heterocycles. The first-order valence-corrected chi connectivity index (χ1v) is 9.33. The topological polar surface area (TPSA) is 35.2 Å². The highest BCUT2D eigenvalue weighted by molar-refractivity contribution is 9.10. The van der Waals surface area contributed by atoms with Gasteiger partial charge in [-0.15, -0.1) is 0 Å². The van der Waals surface area contributed by atoms with E-state index in [1.54, 1.807) is 0 Å². The molecule has 4 heteroatoms. The van der Waals surface area contributed by atoms with Gasteiger partial charge in [-0.05, 0) is 55.1 Å². The summed E-state index contributed by atoms with van der Waals surface area (Å²) in [4.78, 5) is 0. The highest BCUT2D eigenvalue weighted by Crippen LogP contribution is 2.41. The molecule has 2 N–H and O–H groups in total. The zero-order valence-corrected chi connectivity index (χ0v) is 14.1. The molecule has 0 aliphatic carbocycles. The molecule has 2 heterocycles. The van der Waals surface area contributed by atoms with Gasteiger partial charge in [-0.3, -0.25) is 0 Å². The van der Waals surface area contributed by atoms with Gasteiger partial charge in [0, 0.05) is 22.9 Å². The number of hydrogen-bond donors (Lipinski definition) is 1. The van der Waals surface area contributed by atoms with Gasteiger partial charge in [0.25, 0.3) is 0 Å². The molecule has 3 rings (SSSR count). The maximum absolute atomic E-state index is 6.50. The first-order chi connectivity index (χ1) is 9.67. The number of benzene rings is 1. The van der Waals surface area contributed by atoms with Crippen molar-refractivity contribution in [3.8, 4) is 0 Å². The van der Waals surface area contributed by atoms with E-state index in [2.05, 4.69) is 40.2 Å². The van der Waals surface area contributed by atoms with Crippen LogP contribution >= 0.6 is 27.7 Å². The van der Waals surface area contributed by atoms with Crippen LogP contribution in [0, 0.1) is 5.92 Å². The summed E-state index contributed by atoms with van der Waals surface area (Å²) in [5.74, 6) is 3.01. The van der Waals surface area contributed by atoms with Crippen LogP contribution in [0.25, 0.3) is 0 Å². The number of nitrogens with two attached hydrogens (primary N) is 1. The summed E-state index contributed by atoms with van der Waals surface area (Å²) in [5, 5.41) is 0. The monoisotopic (exact) mass is 355 g/mol. The Morgan fingerprint density at radius 1 is 1.40 bits per heavy atom. The van der Waals surface area contributed by atoms with Crippen LogP contribution in [-0.4, -0.2) is 29.8 Å². The molecule has 2 saturated heterocycles. The largest absolute Gasteiger partial charge is 0.374 e. The molecule has 2 aliphatic heterocycles. The molecular formula is C16H22BrNOS. The number of rotatable bonds is 3. The van der Waals surface area contributed by atoms with Gasteiger partial charge in [0.1, 0.15) is 0 Å². The van der Waals surface area contributed by atoms with Crippen molar-refractivity contribution in [1.29, 1.82) is 0 Å². The Kier molecular flexibility index (Phi) is 4.75. The fourth-order valence-corrected chi connectivity index (χ4v) is 5.00. The Balaban J connectivity index is 1.61. The van der Waals surface area contributed by atoms with Gasteiger partial charge in [-0.25, -0.2) is 0 Å². The third kappa shape index (κ3) is 3.41. The summed E-state index contributed by atoms with van der Waals surface area (Å²) in [6.07, 6.45) is 4.45. The van der Waals surface area contributed by atoms with Crippen molar-refractivity contribution in [3.05, 3.63) is 34.3 Å². The molecule has 2 fully saturated rings. The van der Waals surface area contributed by atoms with Crippen LogP contribution in [0.2, 0.25) is 0 Å². The molecule has 2 nitrogen and oxygen atoms in total.